The van der Waals surface area contributed by atoms with Crippen LogP contribution in [0.1, 0.15) is 51.6 Å². The molecule has 8 nitrogen and oxygen atoms in total. The van der Waals surface area contributed by atoms with Crippen molar-refractivity contribution in [2.45, 2.75) is 19.8 Å². The number of hydrogen-bond donors (Lipinski definition) is 2. The number of ketones is 2. The van der Waals surface area contributed by atoms with Gasteiger partial charge in [0.2, 0.25) is 0 Å². The third kappa shape index (κ3) is 5.44. The largest absolute Gasteiger partial charge is 0.507 e. The van der Waals surface area contributed by atoms with Crippen LogP contribution in [0.5, 0.6) is 23.0 Å². The molecule has 4 rings (SSSR count). The van der Waals surface area contributed by atoms with Crippen molar-refractivity contribution in [3.8, 4) is 23.0 Å². The van der Waals surface area contributed by atoms with Crippen LogP contribution in [-0.2, 0) is 9.53 Å². The lowest BCUT2D eigenvalue weighted by molar-refractivity contribution is -0.139. The SMILES string of the molecule is C=COc1ccc(Oc2cc(O)c3c(c2NCCCCOC(=O)C(=C)C)C(=O)c2ccccc2C3=O)cc1. The number of esters is 1. The lowest BCUT2D eigenvalue weighted by atomic mass is 9.82. The van der Waals surface area contributed by atoms with Gasteiger partial charge in [-0.1, -0.05) is 37.4 Å². The summed E-state index contributed by atoms with van der Waals surface area (Å²) in [6.07, 6.45) is 2.45. The molecule has 8 heteroatoms. The minimum atomic E-state index is -0.450. The molecular formula is C30H27NO7. The quantitative estimate of drug-likeness (QED) is 0.0852. The molecule has 0 bridgehead atoms. The normalized spacial score (nSPS) is 11.7. The van der Waals surface area contributed by atoms with Crippen LogP contribution in [0.2, 0.25) is 0 Å². The highest BCUT2D eigenvalue weighted by Crippen LogP contribution is 2.44. The maximum Gasteiger partial charge on any atom is 0.333 e. The Kier molecular flexibility index (Phi) is 7.91. The van der Waals surface area contributed by atoms with E-state index in [1.165, 1.54) is 12.3 Å². The molecule has 0 unspecified atom stereocenters. The Balaban J connectivity index is 1.65. The first kappa shape index (κ1) is 26.2. The molecule has 2 N–H and O–H groups in total. The molecule has 38 heavy (non-hydrogen) atoms. The Labute approximate surface area is 220 Å². The van der Waals surface area contributed by atoms with Crippen LogP contribution in [0.15, 0.2) is 79.6 Å². The molecule has 3 aromatic carbocycles. The van der Waals surface area contributed by atoms with E-state index >= 15 is 0 Å². The van der Waals surface area contributed by atoms with Crippen molar-refractivity contribution in [3.05, 3.63) is 102 Å². The molecule has 0 aromatic heterocycles. The number of fused-ring (bicyclic) bond motifs is 2. The molecule has 0 aliphatic heterocycles. The van der Waals surface area contributed by atoms with Crippen molar-refractivity contribution in [3.63, 3.8) is 0 Å². The van der Waals surface area contributed by atoms with Gasteiger partial charge in [-0.15, -0.1) is 0 Å². The average molecular weight is 514 g/mol. The van der Waals surface area contributed by atoms with E-state index in [0.29, 0.717) is 36.5 Å². The van der Waals surface area contributed by atoms with Gasteiger partial charge < -0.3 is 24.6 Å². The highest BCUT2D eigenvalue weighted by molar-refractivity contribution is 6.31. The van der Waals surface area contributed by atoms with E-state index in [0.717, 1.165) is 0 Å². The first-order chi connectivity index (χ1) is 18.3. The summed E-state index contributed by atoms with van der Waals surface area (Å²) in [5, 5.41) is 14.0. The number of phenols is 1. The standard InChI is InChI=1S/C30H27NO7/c1-4-36-19-11-13-20(14-12-19)38-24-17-23(32)25-26(29(34)22-10-6-5-9-21(22)28(25)33)27(24)31-15-7-8-16-37-30(35)18(2)3/h4-6,9-14,17,31-32H,1-2,7-8,15-16H2,3H3. The first-order valence-corrected chi connectivity index (χ1v) is 12.0. The number of aromatic hydroxyl groups is 1. The van der Waals surface area contributed by atoms with Crippen molar-refractivity contribution in [2.75, 3.05) is 18.5 Å². The predicted molar refractivity (Wildman–Crippen MR) is 142 cm³/mol. The van der Waals surface area contributed by atoms with E-state index in [2.05, 4.69) is 18.5 Å². The number of carbonyl (C=O) groups excluding carboxylic acids is 3. The monoisotopic (exact) mass is 513 g/mol. The van der Waals surface area contributed by atoms with Crippen molar-refractivity contribution in [1.82, 2.24) is 0 Å². The van der Waals surface area contributed by atoms with Crippen LogP contribution in [-0.4, -0.2) is 35.8 Å². The van der Waals surface area contributed by atoms with E-state index in [1.54, 1.807) is 55.5 Å². The second-order valence-electron chi connectivity index (χ2n) is 8.63. The summed E-state index contributed by atoms with van der Waals surface area (Å²) in [6, 6.07) is 14.5. The van der Waals surface area contributed by atoms with E-state index < -0.39 is 17.5 Å². The van der Waals surface area contributed by atoms with Crippen LogP contribution in [0.25, 0.3) is 0 Å². The Morgan fingerprint density at radius 3 is 2.24 bits per heavy atom. The van der Waals surface area contributed by atoms with E-state index in [-0.39, 0.29) is 46.0 Å². The number of hydrogen-bond acceptors (Lipinski definition) is 8. The van der Waals surface area contributed by atoms with E-state index in [4.69, 9.17) is 14.2 Å². The summed E-state index contributed by atoms with van der Waals surface area (Å²) in [6.45, 7) is 9.25. The van der Waals surface area contributed by atoms with Crippen molar-refractivity contribution in [2.24, 2.45) is 0 Å². The molecule has 0 radical (unpaired) electrons. The number of carbonyl (C=O) groups is 3. The fourth-order valence-electron chi connectivity index (χ4n) is 4.04. The predicted octanol–water partition coefficient (Wildman–Crippen LogP) is 5.79. The topological polar surface area (TPSA) is 111 Å². The zero-order valence-electron chi connectivity index (χ0n) is 20.9. The van der Waals surface area contributed by atoms with Gasteiger partial charge in [-0.3, -0.25) is 9.59 Å². The maximum absolute atomic E-state index is 13.6. The second kappa shape index (κ2) is 11.5. The second-order valence-corrected chi connectivity index (χ2v) is 8.63. The lowest BCUT2D eigenvalue weighted by Crippen LogP contribution is -2.23. The van der Waals surface area contributed by atoms with Crippen molar-refractivity contribution in [1.29, 1.82) is 0 Å². The van der Waals surface area contributed by atoms with Crippen molar-refractivity contribution < 1.29 is 33.7 Å². The zero-order chi connectivity index (χ0) is 27.2. The maximum atomic E-state index is 13.6. The third-order valence-corrected chi connectivity index (χ3v) is 5.87. The van der Waals surface area contributed by atoms with Gasteiger partial charge in [-0.05, 0) is 44.0 Å². The van der Waals surface area contributed by atoms with Gasteiger partial charge in [0.05, 0.1) is 29.7 Å². The highest BCUT2D eigenvalue weighted by Gasteiger charge is 2.36. The number of phenolic OH excluding ortho intramolecular Hbond substituents is 1. The minimum Gasteiger partial charge on any atom is -0.507 e. The van der Waals surface area contributed by atoms with E-state index in [1.807, 2.05) is 0 Å². The molecule has 0 saturated carbocycles. The Morgan fingerprint density at radius 2 is 1.61 bits per heavy atom. The van der Waals surface area contributed by atoms with Crippen molar-refractivity contribution >= 4 is 23.2 Å². The number of anilines is 1. The Morgan fingerprint density at radius 1 is 0.974 bits per heavy atom. The minimum absolute atomic E-state index is 0.0454. The number of rotatable bonds is 11. The van der Waals surface area contributed by atoms with Gasteiger partial charge >= 0.3 is 5.97 Å². The molecule has 0 spiro atoms. The summed E-state index contributed by atoms with van der Waals surface area (Å²) < 4.78 is 16.4. The fourth-order valence-corrected chi connectivity index (χ4v) is 4.04. The van der Waals surface area contributed by atoms with Crippen LogP contribution in [0, 0.1) is 0 Å². The molecule has 0 saturated heterocycles. The van der Waals surface area contributed by atoms with Gasteiger partial charge in [0, 0.05) is 29.3 Å². The third-order valence-electron chi connectivity index (χ3n) is 5.87. The van der Waals surface area contributed by atoms with Gasteiger partial charge in [-0.2, -0.15) is 0 Å². The molecular weight excluding hydrogens is 486 g/mol. The summed E-state index contributed by atoms with van der Waals surface area (Å²) in [7, 11) is 0. The first-order valence-electron chi connectivity index (χ1n) is 12.0. The van der Waals surface area contributed by atoms with Gasteiger partial charge in [0.25, 0.3) is 0 Å². The van der Waals surface area contributed by atoms with E-state index in [9.17, 15) is 19.5 Å². The van der Waals surface area contributed by atoms with Crippen LogP contribution >= 0.6 is 0 Å². The molecule has 0 atom stereocenters. The molecule has 1 aliphatic carbocycles. The molecule has 0 amide bonds. The lowest BCUT2D eigenvalue weighted by Gasteiger charge is -2.24. The molecule has 0 heterocycles. The van der Waals surface area contributed by atoms with Gasteiger partial charge in [0.1, 0.15) is 17.2 Å². The van der Waals surface area contributed by atoms with Crippen LogP contribution in [0.4, 0.5) is 5.69 Å². The highest BCUT2D eigenvalue weighted by atomic mass is 16.5. The summed E-state index contributed by atoms with van der Waals surface area (Å²) in [5.41, 5.74) is 1.07. The van der Waals surface area contributed by atoms with Crippen LogP contribution < -0.4 is 14.8 Å². The van der Waals surface area contributed by atoms with Gasteiger partial charge in [-0.25, -0.2) is 4.79 Å². The number of nitrogens with one attached hydrogen (secondary N) is 1. The molecule has 0 fully saturated rings. The smallest absolute Gasteiger partial charge is 0.333 e. The van der Waals surface area contributed by atoms with Gasteiger partial charge in [0.15, 0.2) is 17.3 Å². The zero-order valence-corrected chi connectivity index (χ0v) is 20.9. The summed E-state index contributed by atoms with van der Waals surface area (Å²) >= 11 is 0. The number of unbranched alkanes of at least 4 members (excludes halogenated alkanes) is 1. The van der Waals surface area contributed by atoms with Crippen LogP contribution in [0.3, 0.4) is 0 Å². The summed E-state index contributed by atoms with van der Waals surface area (Å²) in [5.74, 6) is -0.495. The number of ether oxygens (including phenoxy) is 3. The molecule has 1 aliphatic rings. The summed E-state index contributed by atoms with van der Waals surface area (Å²) in [4.78, 5) is 38.4. The molecule has 194 valence electrons. The molecule has 3 aromatic rings. The average Bonchev–Trinajstić information content (AvgIpc) is 2.91. The Bertz CT molecular complexity index is 1420. The Hall–Kier alpha value is -4.85. The fraction of sp³-hybridized carbons (Fsp3) is 0.167. The number of benzene rings is 3.